The molecular formula is C16H21N3OS. The molecule has 1 saturated heterocycles. The van der Waals surface area contributed by atoms with Gasteiger partial charge in [0.1, 0.15) is 10.8 Å². The van der Waals surface area contributed by atoms with Crippen molar-refractivity contribution >= 4 is 11.3 Å². The minimum Gasteiger partial charge on any atom is -0.497 e. The van der Waals surface area contributed by atoms with Crippen LogP contribution in [0.15, 0.2) is 29.6 Å². The van der Waals surface area contributed by atoms with Crippen LogP contribution in [0.5, 0.6) is 5.75 Å². The summed E-state index contributed by atoms with van der Waals surface area (Å²) in [6, 6.07) is 8.66. The quantitative estimate of drug-likeness (QED) is 0.942. The zero-order chi connectivity index (χ0) is 14.7. The van der Waals surface area contributed by atoms with E-state index in [9.17, 15) is 0 Å². The lowest BCUT2D eigenvalue weighted by atomic mass is 10.2. The molecule has 2 aromatic rings. The summed E-state index contributed by atoms with van der Waals surface area (Å²) in [5, 5.41) is 6.72. The predicted octanol–water partition coefficient (Wildman–Crippen LogP) is 2.61. The smallest absolute Gasteiger partial charge is 0.123 e. The molecule has 1 fully saturated rings. The minimum absolute atomic E-state index is 0.568. The highest BCUT2D eigenvalue weighted by atomic mass is 32.1. The predicted molar refractivity (Wildman–Crippen MR) is 86.8 cm³/mol. The van der Waals surface area contributed by atoms with E-state index in [1.807, 2.05) is 12.1 Å². The minimum atomic E-state index is 0.568. The summed E-state index contributed by atoms with van der Waals surface area (Å²) in [4.78, 5) is 7.24. The zero-order valence-corrected chi connectivity index (χ0v) is 13.3. The fourth-order valence-electron chi connectivity index (χ4n) is 2.63. The Kier molecular flexibility index (Phi) is 4.53. The largest absolute Gasteiger partial charge is 0.497 e. The first-order valence-electron chi connectivity index (χ1n) is 7.29. The fraction of sp³-hybridized carbons (Fsp3) is 0.438. The third kappa shape index (κ3) is 3.61. The van der Waals surface area contributed by atoms with Crippen LogP contribution in [0.2, 0.25) is 0 Å². The zero-order valence-electron chi connectivity index (χ0n) is 12.5. The van der Waals surface area contributed by atoms with Gasteiger partial charge in [-0.15, -0.1) is 11.3 Å². The summed E-state index contributed by atoms with van der Waals surface area (Å²) in [6.07, 6.45) is 0. The van der Waals surface area contributed by atoms with Crippen molar-refractivity contribution in [2.45, 2.75) is 19.5 Å². The van der Waals surface area contributed by atoms with Crippen molar-refractivity contribution in [3.63, 3.8) is 0 Å². The lowest BCUT2D eigenvalue weighted by Gasteiger charge is -2.31. The van der Waals surface area contributed by atoms with Crippen molar-refractivity contribution in [3.05, 3.63) is 35.3 Å². The van der Waals surface area contributed by atoms with Crippen LogP contribution in [0.4, 0.5) is 0 Å². The number of benzene rings is 1. The van der Waals surface area contributed by atoms with Crippen LogP contribution in [-0.4, -0.2) is 42.7 Å². The van der Waals surface area contributed by atoms with Gasteiger partial charge in [0.05, 0.1) is 12.8 Å². The Labute approximate surface area is 129 Å². The fourth-order valence-corrected chi connectivity index (χ4v) is 3.45. The highest BCUT2D eigenvalue weighted by molar-refractivity contribution is 7.13. The highest BCUT2D eigenvalue weighted by Crippen LogP contribution is 2.26. The molecule has 0 amide bonds. The van der Waals surface area contributed by atoms with E-state index in [2.05, 4.69) is 34.7 Å². The van der Waals surface area contributed by atoms with Gasteiger partial charge >= 0.3 is 0 Å². The molecule has 1 N–H and O–H groups in total. The van der Waals surface area contributed by atoms with Gasteiger partial charge in [-0.05, 0) is 31.2 Å². The number of thiazole rings is 1. The number of hydrogen-bond donors (Lipinski definition) is 1. The molecule has 1 atom stereocenters. The monoisotopic (exact) mass is 303 g/mol. The third-order valence-electron chi connectivity index (χ3n) is 3.73. The number of aromatic nitrogens is 1. The molecule has 1 aromatic carbocycles. The van der Waals surface area contributed by atoms with Crippen LogP contribution in [0.3, 0.4) is 0 Å². The van der Waals surface area contributed by atoms with Gasteiger partial charge < -0.3 is 10.1 Å². The van der Waals surface area contributed by atoms with E-state index in [0.717, 1.165) is 42.5 Å². The van der Waals surface area contributed by atoms with Gasteiger partial charge in [0, 0.05) is 43.2 Å². The Morgan fingerprint density at radius 3 is 2.90 bits per heavy atom. The van der Waals surface area contributed by atoms with Crippen molar-refractivity contribution in [3.8, 4) is 16.3 Å². The van der Waals surface area contributed by atoms with E-state index in [0.29, 0.717) is 6.04 Å². The second-order valence-electron chi connectivity index (χ2n) is 5.46. The normalized spacial score (nSPS) is 19.6. The maximum atomic E-state index is 5.19. The Bertz CT molecular complexity index is 581. The molecule has 5 heteroatoms. The highest BCUT2D eigenvalue weighted by Gasteiger charge is 2.16. The van der Waals surface area contributed by atoms with Gasteiger partial charge in [-0.1, -0.05) is 0 Å². The van der Waals surface area contributed by atoms with Crippen LogP contribution in [0, 0.1) is 0 Å². The van der Waals surface area contributed by atoms with E-state index >= 15 is 0 Å². The van der Waals surface area contributed by atoms with Crippen LogP contribution in [0.1, 0.15) is 12.6 Å². The van der Waals surface area contributed by atoms with E-state index < -0.39 is 0 Å². The summed E-state index contributed by atoms with van der Waals surface area (Å²) in [7, 11) is 1.69. The number of methoxy groups -OCH3 is 1. The van der Waals surface area contributed by atoms with Crippen molar-refractivity contribution < 1.29 is 4.74 Å². The van der Waals surface area contributed by atoms with Gasteiger partial charge in [-0.25, -0.2) is 4.98 Å². The van der Waals surface area contributed by atoms with Gasteiger partial charge in [-0.3, -0.25) is 4.90 Å². The molecule has 3 rings (SSSR count). The second-order valence-corrected chi connectivity index (χ2v) is 6.32. The summed E-state index contributed by atoms with van der Waals surface area (Å²) in [5.41, 5.74) is 2.32. The van der Waals surface area contributed by atoms with Gasteiger partial charge in [0.2, 0.25) is 0 Å². The number of piperazine rings is 1. The number of nitrogens with zero attached hydrogens (tertiary/aromatic N) is 2. The molecular weight excluding hydrogens is 282 g/mol. The first-order valence-corrected chi connectivity index (χ1v) is 8.17. The van der Waals surface area contributed by atoms with E-state index in [1.54, 1.807) is 18.4 Å². The molecule has 1 aliphatic rings. The number of nitrogens with one attached hydrogen (secondary N) is 1. The summed E-state index contributed by atoms with van der Waals surface area (Å²) >= 11 is 1.71. The molecule has 0 radical (unpaired) electrons. The first kappa shape index (κ1) is 14.5. The number of rotatable bonds is 4. The van der Waals surface area contributed by atoms with Crippen molar-refractivity contribution in [2.75, 3.05) is 26.7 Å². The van der Waals surface area contributed by atoms with Gasteiger partial charge in [0.15, 0.2) is 0 Å². The number of hydrogen-bond acceptors (Lipinski definition) is 5. The van der Waals surface area contributed by atoms with Crippen LogP contribution in [-0.2, 0) is 6.54 Å². The Balaban J connectivity index is 1.67. The molecule has 0 unspecified atom stereocenters. The average Bonchev–Trinajstić information content (AvgIpc) is 2.96. The molecule has 1 aromatic heterocycles. The van der Waals surface area contributed by atoms with E-state index in [4.69, 9.17) is 9.72 Å². The molecule has 1 aliphatic heterocycles. The molecule has 21 heavy (non-hydrogen) atoms. The van der Waals surface area contributed by atoms with Crippen molar-refractivity contribution in [1.82, 2.24) is 15.2 Å². The molecule has 2 heterocycles. The molecule has 0 saturated carbocycles. The van der Waals surface area contributed by atoms with Crippen LogP contribution in [0.25, 0.3) is 10.6 Å². The Morgan fingerprint density at radius 2 is 2.19 bits per heavy atom. The lowest BCUT2D eigenvalue weighted by molar-refractivity contribution is 0.198. The van der Waals surface area contributed by atoms with Crippen molar-refractivity contribution in [1.29, 1.82) is 0 Å². The molecule has 4 nitrogen and oxygen atoms in total. The summed E-state index contributed by atoms with van der Waals surface area (Å²) in [6.45, 7) is 6.43. The van der Waals surface area contributed by atoms with Crippen molar-refractivity contribution in [2.24, 2.45) is 0 Å². The maximum absolute atomic E-state index is 5.19. The average molecular weight is 303 g/mol. The maximum Gasteiger partial charge on any atom is 0.123 e. The molecule has 112 valence electrons. The van der Waals surface area contributed by atoms with Crippen LogP contribution >= 0.6 is 11.3 Å². The summed E-state index contributed by atoms with van der Waals surface area (Å²) in [5.74, 6) is 0.880. The SMILES string of the molecule is COc1ccc(-c2nc(CN3CCN[C@H](C)C3)cs2)cc1. The Hall–Kier alpha value is -1.43. The third-order valence-corrected chi connectivity index (χ3v) is 4.67. The first-order chi connectivity index (χ1) is 10.2. The van der Waals surface area contributed by atoms with Gasteiger partial charge in [-0.2, -0.15) is 0 Å². The van der Waals surface area contributed by atoms with Gasteiger partial charge in [0.25, 0.3) is 0 Å². The molecule has 0 bridgehead atoms. The van der Waals surface area contributed by atoms with E-state index in [1.165, 1.54) is 5.69 Å². The van der Waals surface area contributed by atoms with Crippen LogP contribution < -0.4 is 10.1 Å². The topological polar surface area (TPSA) is 37.4 Å². The summed E-state index contributed by atoms with van der Waals surface area (Å²) < 4.78 is 5.19. The standard InChI is InChI=1S/C16H21N3OS/c1-12-9-19(8-7-17-12)10-14-11-21-16(18-14)13-3-5-15(20-2)6-4-13/h3-6,11-12,17H,7-10H2,1-2H3/t12-/m1/s1. The van der Waals surface area contributed by atoms with E-state index in [-0.39, 0.29) is 0 Å². The molecule has 0 spiro atoms. The second kappa shape index (κ2) is 6.56. The number of ether oxygens (including phenoxy) is 1. The lowest BCUT2D eigenvalue weighted by Crippen LogP contribution is -2.48. The Morgan fingerprint density at radius 1 is 1.38 bits per heavy atom. The molecule has 0 aliphatic carbocycles.